The van der Waals surface area contributed by atoms with E-state index in [1.54, 1.807) is 0 Å². The molecule has 0 aliphatic carbocycles. The van der Waals surface area contributed by atoms with Crippen molar-refractivity contribution in [1.82, 2.24) is 0 Å². The molecule has 0 unspecified atom stereocenters. The molecule has 0 spiro atoms. The Hall–Kier alpha value is -2.54. The van der Waals surface area contributed by atoms with Crippen LogP contribution in [-0.2, 0) is 11.8 Å². The molecule has 0 bridgehead atoms. The number of nitrogens with zero attached hydrogens (tertiary/aromatic N) is 1. The minimum absolute atomic E-state index is 0.163. The molecule has 0 saturated heterocycles. The Morgan fingerprint density at radius 1 is 0.643 bits per heavy atom. The molecule has 28 heavy (non-hydrogen) atoms. The van der Waals surface area contributed by atoms with Gasteiger partial charge in [0.2, 0.25) is 0 Å². The van der Waals surface area contributed by atoms with Crippen molar-refractivity contribution in [2.75, 3.05) is 4.90 Å². The standard InChI is InChI=1S/C25H29N.C2H6/c1-6-20-9-15-23(16-10-20)26(22-13-7-19(2)8-14-22)24-17-11-21(12-18-24)25(3,4)5;1-2/h7-18H,6H2,1-5H3;1-2H3. The van der Waals surface area contributed by atoms with E-state index in [-0.39, 0.29) is 5.41 Å². The lowest BCUT2D eigenvalue weighted by Gasteiger charge is -2.27. The van der Waals surface area contributed by atoms with Gasteiger partial charge in [0.25, 0.3) is 0 Å². The van der Waals surface area contributed by atoms with Crippen molar-refractivity contribution in [3.05, 3.63) is 89.5 Å². The van der Waals surface area contributed by atoms with Crippen LogP contribution in [0.2, 0.25) is 0 Å². The smallest absolute Gasteiger partial charge is 0.0461 e. The van der Waals surface area contributed by atoms with Gasteiger partial charge in [0, 0.05) is 17.1 Å². The van der Waals surface area contributed by atoms with Crippen LogP contribution in [0.15, 0.2) is 72.8 Å². The van der Waals surface area contributed by atoms with Gasteiger partial charge in [-0.1, -0.05) is 83.5 Å². The van der Waals surface area contributed by atoms with Gasteiger partial charge in [-0.3, -0.25) is 0 Å². The van der Waals surface area contributed by atoms with E-state index in [0.717, 1.165) is 6.42 Å². The molecular formula is C27H35N. The molecule has 3 aromatic carbocycles. The zero-order valence-electron chi connectivity index (χ0n) is 18.6. The lowest BCUT2D eigenvalue weighted by molar-refractivity contribution is 0.590. The van der Waals surface area contributed by atoms with Crippen molar-refractivity contribution in [3.8, 4) is 0 Å². The summed E-state index contributed by atoms with van der Waals surface area (Å²) in [4.78, 5) is 2.32. The van der Waals surface area contributed by atoms with E-state index >= 15 is 0 Å². The van der Waals surface area contributed by atoms with Crippen LogP contribution in [0.25, 0.3) is 0 Å². The molecule has 148 valence electrons. The summed E-state index contributed by atoms with van der Waals surface area (Å²) < 4.78 is 0. The number of benzene rings is 3. The van der Waals surface area contributed by atoms with Crippen molar-refractivity contribution >= 4 is 17.1 Å². The summed E-state index contributed by atoms with van der Waals surface area (Å²) in [6.07, 6.45) is 1.06. The lowest BCUT2D eigenvalue weighted by atomic mass is 9.87. The molecule has 0 aromatic heterocycles. The maximum atomic E-state index is 2.32. The predicted octanol–water partition coefficient (Wildman–Crippen LogP) is 8.35. The van der Waals surface area contributed by atoms with Crippen LogP contribution < -0.4 is 4.90 Å². The van der Waals surface area contributed by atoms with E-state index in [4.69, 9.17) is 0 Å². The third-order valence-electron chi connectivity index (χ3n) is 4.89. The summed E-state index contributed by atoms with van der Waals surface area (Å²) in [7, 11) is 0. The quantitative estimate of drug-likeness (QED) is 0.444. The fraction of sp³-hybridized carbons (Fsp3) is 0.333. The summed E-state index contributed by atoms with van der Waals surface area (Å²) in [5, 5.41) is 0. The van der Waals surface area contributed by atoms with Crippen LogP contribution in [0.3, 0.4) is 0 Å². The molecule has 0 aliphatic rings. The van der Waals surface area contributed by atoms with E-state index in [9.17, 15) is 0 Å². The van der Waals surface area contributed by atoms with Gasteiger partial charge >= 0.3 is 0 Å². The molecule has 3 aromatic rings. The molecule has 1 nitrogen and oxygen atoms in total. The van der Waals surface area contributed by atoms with Gasteiger partial charge in [0.1, 0.15) is 0 Å². The Kier molecular flexibility index (Phi) is 7.45. The van der Waals surface area contributed by atoms with Crippen LogP contribution in [0, 0.1) is 6.92 Å². The zero-order valence-corrected chi connectivity index (χ0v) is 18.6. The van der Waals surface area contributed by atoms with Gasteiger partial charge in [-0.05, 0) is 66.3 Å². The molecule has 0 fully saturated rings. The van der Waals surface area contributed by atoms with Gasteiger partial charge in [-0.15, -0.1) is 0 Å². The van der Waals surface area contributed by atoms with Gasteiger partial charge in [0.15, 0.2) is 0 Å². The van der Waals surface area contributed by atoms with Crippen molar-refractivity contribution in [1.29, 1.82) is 0 Å². The Morgan fingerprint density at radius 3 is 1.43 bits per heavy atom. The Labute approximate surface area is 172 Å². The third kappa shape index (κ3) is 5.25. The highest BCUT2D eigenvalue weighted by molar-refractivity contribution is 5.76. The second-order valence-corrected chi connectivity index (χ2v) is 7.99. The van der Waals surface area contributed by atoms with E-state index in [1.165, 1.54) is 33.8 Å². The molecule has 0 N–H and O–H groups in total. The predicted molar refractivity (Wildman–Crippen MR) is 125 cm³/mol. The van der Waals surface area contributed by atoms with Gasteiger partial charge < -0.3 is 4.90 Å². The minimum Gasteiger partial charge on any atom is -0.311 e. The zero-order chi connectivity index (χ0) is 20.7. The molecule has 0 amide bonds. The number of rotatable bonds is 4. The van der Waals surface area contributed by atoms with Crippen molar-refractivity contribution < 1.29 is 0 Å². The normalized spacial score (nSPS) is 10.8. The van der Waals surface area contributed by atoms with Gasteiger partial charge in [0.05, 0.1) is 0 Å². The highest BCUT2D eigenvalue weighted by Gasteiger charge is 2.16. The van der Waals surface area contributed by atoms with Crippen LogP contribution in [0.4, 0.5) is 17.1 Å². The number of hydrogen-bond donors (Lipinski definition) is 0. The largest absolute Gasteiger partial charge is 0.311 e. The molecule has 0 heterocycles. The van der Waals surface area contributed by atoms with Gasteiger partial charge in [-0.2, -0.15) is 0 Å². The summed E-state index contributed by atoms with van der Waals surface area (Å²) >= 11 is 0. The highest BCUT2D eigenvalue weighted by atomic mass is 15.1. The maximum absolute atomic E-state index is 2.32. The topological polar surface area (TPSA) is 3.24 Å². The number of aryl methyl sites for hydroxylation is 2. The Balaban J connectivity index is 0.00000136. The first-order valence-corrected chi connectivity index (χ1v) is 10.4. The first-order valence-electron chi connectivity index (χ1n) is 10.4. The Morgan fingerprint density at radius 2 is 1.04 bits per heavy atom. The van der Waals surface area contributed by atoms with Crippen LogP contribution in [-0.4, -0.2) is 0 Å². The molecule has 0 atom stereocenters. The summed E-state index contributed by atoms with van der Waals surface area (Å²) in [5.41, 5.74) is 7.71. The fourth-order valence-corrected chi connectivity index (χ4v) is 3.13. The molecule has 0 saturated carbocycles. The molecule has 0 aliphatic heterocycles. The van der Waals surface area contributed by atoms with E-state index in [0.29, 0.717) is 0 Å². The minimum atomic E-state index is 0.163. The van der Waals surface area contributed by atoms with Crippen molar-refractivity contribution in [3.63, 3.8) is 0 Å². The number of hydrogen-bond acceptors (Lipinski definition) is 1. The molecule has 1 heteroatoms. The van der Waals surface area contributed by atoms with Crippen LogP contribution in [0.1, 0.15) is 58.2 Å². The van der Waals surface area contributed by atoms with Crippen LogP contribution in [0.5, 0.6) is 0 Å². The summed E-state index contributed by atoms with van der Waals surface area (Å²) in [6.45, 7) is 15.1. The maximum Gasteiger partial charge on any atom is 0.0461 e. The second kappa shape index (κ2) is 9.59. The molecular weight excluding hydrogens is 338 g/mol. The monoisotopic (exact) mass is 373 g/mol. The van der Waals surface area contributed by atoms with E-state index in [1.807, 2.05) is 13.8 Å². The van der Waals surface area contributed by atoms with Crippen molar-refractivity contribution in [2.24, 2.45) is 0 Å². The lowest BCUT2D eigenvalue weighted by Crippen LogP contribution is -2.13. The third-order valence-corrected chi connectivity index (χ3v) is 4.89. The summed E-state index contributed by atoms with van der Waals surface area (Å²) in [5.74, 6) is 0. The van der Waals surface area contributed by atoms with Gasteiger partial charge in [-0.25, -0.2) is 0 Å². The van der Waals surface area contributed by atoms with Crippen molar-refractivity contribution in [2.45, 2.75) is 60.3 Å². The highest BCUT2D eigenvalue weighted by Crippen LogP contribution is 2.35. The molecule has 3 rings (SSSR count). The SMILES string of the molecule is CC.CCc1ccc(N(c2ccc(C)cc2)c2ccc(C(C)(C)C)cc2)cc1. The average Bonchev–Trinajstić information content (AvgIpc) is 2.71. The second-order valence-electron chi connectivity index (χ2n) is 7.99. The van der Waals surface area contributed by atoms with E-state index < -0.39 is 0 Å². The first kappa shape index (κ1) is 21.8. The summed E-state index contributed by atoms with van der Waals surface area (Å²) in [6, 6.07) is 26.6. The van der Waals surface area contributed by atoms with Crippen LogP contribution >= 0.6 is 0 Å². The number of anilines is 3. The first-order chi connectivity index (χ1) is 13.4. The Bertz CT molecular complexity index is 835. The van der Waals surface area contributed by atoms with E-state index in [2.05, 4.69) is 112 Å². The molecule has 0 radical (unpaired) electrons. The fourth-order valence-electron chi connectivity index (χ4n) is 3.13. The average molecular weight is 374 g/mol.